The summed E-state index contributed by atoms with van der Waals surface area (Å²) >= 11 is 1.58. The van der Waals surface area contributed by atoms with E-state index in [1.54, 1.807) is 28.4 Å². The first-order chi connectivity index (χ1) is 13.5. The number of nitrogens with zero attached hydrogens (tertiary/aromatic N) is 2. The molecule has 28 heavy (non-hydrogen) atoms. The van der Waals surface area contributed by atoms with Crippen molar-refractivity contribution in [1.82, 2.24) is 4.98 Å². The summed E-state index contributed by atoms with van der Waals surface area (Å²) in [7, 11) is 0. The van der Waals surface area contributed by atoms with E-state index in [4.69, 9.17) is 4.74 Å². The number of benzene rings is 2. The Hall–Kier alpha value is -2.73. The van der Waals surface area contributed by atoms with Crippen molar-refractivity contribution in [2.45, 2.75) is 33.3 Å². The van der Waals surface area contributed by atoms with Crippen molar-refractivity contribution in [1.29, 1.82) is 0 Å². The summed E-state index contributed by atoms with van der Waals surface area (Å²) < 4.78 is 19.6. The maximum Gasteiger partial charge on any atom is 0.258 e. The van der Waals surface area contributed by atoms with E-state index in [0.717, 1.165) is 40.4 Å². The van der Waals surface area contributed by atoms with Crippen LogP contribution in [0.25, 0.3) is 0 Å². The van der Waals surface area contributed by atoms with Gasteiger partial charge in [-0.1, -0.05) is 6.07 Å². The van der Waals surface area contributed by atoms with Crippen molar-refractivity contribution in [3.8, 4) is 5.75 Å². The molecule has 1 aliphatic heterocycles. The number of carbonyl (C=O) groups is 1. The average Bonchev–Trinajstić information content (AvgIpc) is 3.10. The second-order valence-corrected chi connectivity index (χ2v) is 8.03. The standard InChI is InChI=1S/C22H21FN2O2S/c1-14-9-18(23)10-16-6-4-8-25(21(14)16)22(26)17-5-3-7-20(11-17)27-12-19-13-28-15(2)24-19/h3,5,7,9-11,13H,4,6,8,12H2,1-2H3. The van der Waals surface area contributed by atoms with Gasteiger partial charge in [0.2, 0.25) is 0 Å². The Bertz CT molecular complexity index is 1030. The van der Waals surface area contributed by atoms with Gasteiger partial charge in [-0.25, -0.2) is 9.37 Å². The summed E-state index contributed by atoms with van der Waals surface area (Å²) in [5, 5.41) is 2.97. The van der Waals surface area contributed by atoms with E-state index in [1.165, 1.54) is 12.1 Å². The van der Waals surface area contributed by atoms with Gasteiger partial charge in [-0.2, -0.15) is 0 Å². The number of hydrogen-bond acceptors (Lipinski definition) is 4. The molecular weight excluding hydrogens is 375 g/mol. The normalized spacial score (nSPS) is 13.3. The Morgan fingerprint density at radius 3 is 2.93 bits per heavy atom. The average molecular weight is 396 g/mol. The lowest BCUT2D eigenvalue weighted by Crippen LogP contribution is -2.36. The van der Waals surface area contributed by atoms with Crippen LogP contribution in [0, 0.1) is 19.7 Å². The number of aryl methyl sites for hydroxylation is 3. The minimum absolute atomic E-state index is 0.0920. The molecule has 0 saturated carbocycles. The molecule has 0 fully saturated rings. The van der Waals surface area contributed by atoms with Crippen LogP contribution in [0.5, 0.6) is 5.75 Å². The van der Waals surface area contributed by atoms with Gasteiger partial charge in [-0.3, -0.25) is 4.79 Å². The van der Waals surface area contributed by atoms with Crippen molar-refractivity contribution in [2.75, 3.05) is 11.4 Å². The van der Waals surface area contributed by atoms with Crippen LogP contribution >= 0.6 is 11.3 Å². The topological polar surface area (TPSA) is 42.4 Å². The predicted molar refractivity (Wildman–Crippen MR) is 109 cm³/mol. The molecule has 1 aromatic heterocycles. The lowest BCUT2D eigenvalue weighted by Gasteiger charge is -2.31. The van der Waals surface area contributed by atoms with Crippen LogP contribution in [0.1, 0.15) is 38.6 Å². The minimum atomic E-state index is -0.252. The Kier molecular flexibility index (Phi) is 5.13. The fourth-order valence-electron chi connectivity index (χ4n) is 3.63. The van der Waals surface area contributed by atoms with E-state index in [2.05, 4.69) is 4.98 Å². The highest BCUT2D eigenvalue weighted by molar-refractivity contribution is 7.09. The molecule has 4 nitrogen and oxygen atoms in total. The fourth-order valence-corrected chi connectivity index (χ4v) is 4.23. The van der Waals surface area contributed by atoms with E-state index in [1.807, 2.05) is 31.4 Å². The van der Waals surface area contributed by atoms with E-state index >= 15 is 0 Å². The molecule has 0 spiro atoms. The third kappa shape index (κ3) is 3.78. The van der Waals surface area contributed by atoms with E-state index in [9.17, 15) is 9.18 Å². The zero-order chi connectivity index (χ0) is 19.7. The molecule has 2 heterocycles. The number of halogens is 1. The van der Waals surface area contributed by atoms with Gasteiger partial charge < -0.3 is 9.64 Å². The second kappa shape index (κ2) is 7.72. The molecule has 1 aliphatic rings. The number of ether oxygens (including phenoxy) is 1. The van der Waals surface area contributed by atoms with Gasteiger partial charge in [0.1, 0.15) is 18.2 Å². The van der Waals surface area contributed by atoms with Crippen LogP contribution < -0.4 is 9.64 Å². The SMILES string of the molecule is Cc1nc(COc2cccc(C(=O)N3CCCc4cc(F)cc(C)c43)c2)cs1. The maximum absolute atomic E-state index is 13.8. The number of amides is 1. The van der Waals surface area contributed by atoms with Gasteiger partial charge in [-0.05, 0) is 68.1 Å². The number of anilines is 1. The van der Waals surface area contributed by atoms with Gasteiger partial charge in [-0.15, -0.1) is 11.3 Å². The zero-order valence-corrected chi connectivity index (χ0v) is 16.7. The van der Waals surface area contributed by atoms with Crippen LogP contribution in [0.15, 0.2) is 41.8 Å². The molecule has 0 bridgehead atoms. The first kappa shape index (κ1) is 18.6. The van der Waals surface area contributed by atoms with Crippen molar-refractivity contribution in [2.24, 2.45) is 0 Å². The minimum Gasteiger partial charge on any atom is -0.487 e. The maximum atomic E-state index is 13.8. The molecule has 0 aliphatic carbocycles. The molecule has 2 aromatic carbocycles. The largest absolute Gasteiger partial charge is 0.487 e. The molecule has 4 rings (SSSR count). The van der Waals surface area contributed by atoms with Crippen LogP contribution in [-0.4, -0.2) is 17.4 Å². The van der Waals surface area contributed by atoms with Gasteiger partial charge >= 0.3 is 0 Å². The lowest BCUT2D eigenvalue weighted by atomic mass is 9.97. The molecule has 1 amide bonds. The Labute approximate surface area is 167 Å². The molecule has 144 valence electrons. The number of fused-ring (bicyclic) bond motifs is 1. The van der Waals surface area contributed by atoms with E-state index in [-0.39, 0.29) is 11.7 Å². The highest BCUT2D eigenvalue weighted by atomic mass is 32.1. The third-order valence-corrected chi connectivity index (χ3v) is 5.64. The Morgan fingerprint density at radius 2 is 2.14 bits per heavy atom. The molecule has 0 saturated heterocycles. The summed E-state index contributed by atoms with van der Waals surface area (Å²) in [6.07, 6.45) is 1.61. The predicted octanol–water partition coefficient (Wildman–Crippen LogP) is 5.07. The van der Waals surface area contributed by atoms with Crippen molar-refractivity contribution in [3.63, 3.8) is 0 Å². The van der Waals surface area contributed by atoms with Crippen LogP contribution in [0.4, 0.5) is 10.1 Å². The van der Waals surface area contributed by atoms with E-state index < -0.39 is 0 Å². The molecule has 6 heteroatoms. The summed E-state index contributed by atoms with van der Waals surface area (Å²) in [6.45, 7) is 4.80. The van der Waals surface area contributed by atoms with Crippen LogP contribution in [-0.2, 0) is 13.0 Å². The molecule has 0 N–H and O–H groups in total. The number of hydrogen-bond donors (Lipinski definition) is 0. The Balaban J connectivity index is 1.56. The van der Waals surface area contributed by atoms with Crippen LogP contribution in [0.3, 0.4) is 0 Å². The number of carbonyl (C=O) groups excluding carboxylic acids is 1. The number of thiazole rings is 1. The molecule has 0 unspecified atom stereocenters. The van der Waals surface area contributed by atoms with E-state index in [0.29, 0.717) is 24.5 Å². The number of aromatic nitrogens is 1. The van der Waals surface area contributed by atoms with Crippen molar-refractivity contribution in [3.05, 3.63) is 75.0 Å². The summed E-state index contributed by atoms with van der Waals surface area (Å²) in [5.74, 6) is 0.286. The molecule has 0 atom stereocenters. The second-order valence-electron chi connectivity index (χ2n) is 6.97. The monoisotopic (exact) mass is 396 g/mol. The van der Waals surface area contributed by atoms with Gasteiger partial charge in [0.05, 0.1) is 16.4 Å². The summed E-state index contributed by atoms with van der Waals surface area (Å²) in [6, 6.07) is 10.2. The molecular formula is C22H21FN2O2S. The van der Waals surface area contributed by atoms with Gasteiger partial charge in [0.25, 0.3) is 5.91 Å². The zero-order valence-electron chi connectivity index (χ0n) is 15.9. The summed E-state index contributed by atoms with van der Waals surface area (Å²) in [5.41, 5.74) is 3.95. The lowest BCUT2D eigenvalue weighted by molar-refractivity contribution is 0.0984. The molecule has 3 aromatic rings. The Morgan fingerprint density at radius 1 is 1.29 bits per heavy atom. The van der Waals surface area contributed by atoms with Crippen molar-refractivity contribution < 1.29 is 13.9 Å². The quantitative estimate of drug-likeness (QED) is 0.618. The van der Waals surface area contributed by atoms with Gasteiger partial charge in [0, 0.05) is 17.5 Å². The number of rotatable bonds is 4. The molecule has 0 radical (unpaired) electrons. The van der Waals surface area contributed by atoms with Gasteiger partial charge in [0.15, 0.2) is 0 Å². The summed E-state index contributed by atoms with van der Waals surface area (Å²) in [4.78, 5) is 19.3. The highest BCUT2D eigenvalue weighted by Crippen LogP contribution is 2.33. The first-order valence-electron chi connectivity index (χ1n) is 9.26. The fraction of sp³-hybridized carbons (Fsp3) is 0.273. The van der Waals surface area contributed by atoms with Crippen molar-refractivity contribution >= 4 is 22.9 Å². The smallest absolute Gasteiger partial charge is 0.258 e. The van der Waals surface area contributed by atoms with Crippen LogP contribution in [0.2, 0.25) is 0 Å². The highest BCUT2D eigenvalue weighted by Gasteiger charge is 2.26. The third-order valence-electron chi connectivity index (χ3n) is 4.82. The first-order valence-corrected chi connectivity index (χ1v) is 10.1.